The lowest BCUT2D eigenvalue weighted by molar-refractivity contribution is -0.119. The molecule has 0 aliphatic heterocycles. The van der Waals surface area contributed by atoms with Crippen LogP contribution >= 0.6 is 23.1 Å². The lowest BCUT2D eigenvalue weighted by Gasteiger charge is -2.11. The molecule has 1 atom stereocenters. The maximum atomic E-state index is 11.5. The van der Waals surface area contributed by atoms with Gasteiger partial charge in [-0.15, -0.1) is 23.1 Å². The molecule has 0 radical (unpaired) electrons. The molecule has 2 N–H and O–H groups in total. The van der Waals surface area contributed by atoms with Crippen LogP contribution in [0.4, 0.5) is 0 Å². The maximum absolute atomic E-state index is 11.5. The highest BCUT2D eigenvalue weighted by Crippen LogP contribution is 2.24. The number of nitrogens with one attached hydrogen (secondary N) is 1. The monoisotopic (exact) mass is 289 g/mol. The molecule has 1 amide bonds. The second kappa shape index (κ2) is 7.40. The summed E-state index contributed by atoms with van der Waals surface area (Å²) in [7, 11) is 1.58. The third kappa shape index (κ3) is 5.07. The number of hydrogen-bond acceptors (Lipinski definition) is 5. The molecule has 1 heterocycles. The van der Waals surface area contributed by atoms with Gasteiger partial charge in [0.2, 0.25) is 5.91 Å². The fourth-order valence-corrected chi connectivity index (χ4v) is 2.94. The van der Waals surface area contributed by atoms with Crippen LogP contribution in [0.15, 0.2) is 16.3 Å². The average Bonchev–Trinajstić information content (AvgIpc) is 2.75. The molecule has 1 aromatic heterocycles. The van der Waals surface area contributed by atoms with E-state index in [0.717, 1.165) is 16.2 Å². The lowest BCUT2D eigenvalue weighted by atomic mass is 10.3. The minimum Gasteiger partial charge on any atom is -0.477 e. The highest BCUT2D eigenvalue weighted by molar-refractivity contribution is 8.00. The smallest absolute Gasteiger partial charge is 0.345 e. The maximum Gasteiger partial charge on any atom is 0.345 e. The van der Waals surface area contributed by atoms with E-state index in [1.165, 1.54) is 11.8 Å². The first-order valence-corrected chi connectivity index (χ1v) is 7.12. The van der Waals surface area contributed by atoms with Crippen molar-refractivity contribution >= 4 is 35.0 Å². The largest absolute Gasteiger partial charge is 0.477 e. The summed E-state index contributed by atoms with van der Waals surface area (Å²) in [5, 5.41) is 13.3. The molecule has 1 aromatic rings. The van der Waals surface area contributed by atoms with Crippen LogP contribution < -0.4 is 5.32 Å². The van der Waals surface area contributed by atoms with Gasteiger partial charge in [-0.25, -0.2) is 4.79 Å². The summed E-state index contributed by atoms with van der Waals surface area (Å²) in [4.78, 5) is 23.3. The number of carboxylic acid groups (broad SMARTS) is 1. The van der Waals surface area contributed by atoms with Gasteiger partial charge in [0.15, 0.2) is 0 Å². The highest BCUT2D eigenvalue weighted by Gasteiger charge is 2.10. The first-order valence-electron chi connectivity index (χ1n) is 5.26. The van der Waals surface area contributed by atoms with Gasteiger partial charge in [-0.1, -0.05) is 0 Å². The Labute approximate surface area is 114 Å². The number of carbonyl (C=O) groups is 2. The van der Waals surface area contributed by atoms with Gasteiger partial charge in [0.05, 0.1) is 12.4 Å². The van der Waals surface area contributed by atoms with E-state index in [2.05, 4.69) is 5.32 Å². The SMILES string of the molecule is COCC(C)NC(=O)CSc1csc(C(=O)O)c1. The van der Waals surface area contributed by atoms with Gasteiger partial charge in [0.25, 0.3) is 0 Å². The Bertz CT molecular complexity index is 419. The van der Waals surface area contributed by atoms with Crippen molar-refractivity contribution in [3.8, 4) is 0 Å². The standard InChI is InChI=1S/C11H15NO4S2/c1-7(4-16-2)12-10(13)6-17-8-3-9(11(14)15)18-5-8/h3,5,7H,4,6H2,1-2H3,(H,12,13)(H,14,15). The normalized spacial score (nSPS) is 12.1. The van der Waals surface area contributed by atoms with Gasteiger partial charge in [0, 0.05) is 23.4 Å². The molecule has 0 aromatic carbocycles. The van der Waals surface area contributed by atoms with Crippen molar-refractivity contribution in [1.29, 1.82) is 0 Å². The van der Waals surface area contributed by atoms with E-state index in [4.69, 9.17) is 9.84 Å². The topological polar surface area (TPSA) is 75.6 Å². The number of ether oxygens (including phenoxy) is 1. The number of aromatic carboxylic acids is 1. The molecule has 0 aliphatic rings. The summed E-state index contributed by atoms with van der Waals surface area (Å²) in [6.07, 6.45) is 0. The Hall–Kier alpha value is -1.05. The van der Waals surface area contributed by atoms with Crippen molar-refractivity contribution in [3.63, 3.8) is 0 Å². The molecule has 1 unspecified atom stereocenters. The second-order valence-electron chi connectivity index (χ2n) is 3.66. The zero-order valence-electron chi connectivity index (χ0n) is 10.1. The minimum atomic E-state index is -0.940. The van der Waals surface area contributed by atoms with Gasteiger partial charge < -0.3 is 15.2 Å². The molecule has 7 heteroatoms. The van der Waals surface area contributed by atoms with E-state index in [1.54, 1.807) is 18.6 Å². The number of rotatable bonds is 7. The quantitative estimate of drug-likeness (QED) is 0.747. The summed E-state index contributed by atoms with van der Waals surface area (Å²) in [6.45, 7) is 2.33. The predicted octanol–water partition coefficient (Wildman–Crippen LogP) is 1.69. The van der Waals surface area contributed by atoms with Crippen molar-refractivity contribution in [2.24, 2.45) is 0 Å². The van der Waals surface area contributed by atoms with Gasteiger partial charge in [-0.3, -0.25) is 4.79 Å². The fraction of sp³-hybridized carbons (Fsp3) is 0.455. The Morgan fingerprint density at radius 3 is 2.89 bits per heavy atom. The van der Waals surface area contributed by atoms with Crippen LogP contribution in [-0.4, -0.2) is 42.5 Å². The van der Waals surface area contributed by atoms with Crippen molar-refractivity contribution in [1.82, 2.24) is 5.32 Å². The van der Waals surface area contributed by atoms with E-state index in [0.29, 0.717) is 6.61 Å². The number of thioether (sulfide) groups is 1. The van der Waals surface area contributed by atoms with Gasteiger partial charge >= 0.3 is 5.97 Å². The molecule has 0 saturated carbocycles. The summed E-state index contributed by atoms with van der Waals surface area (Å²) in [5.74, 6) is -0.762. The van der Waals surface area contributed by atoms with Crippen LogP contribution in [0.1, 0.15) is 16.6 Å². The number of carbonyl (C=O) groups excluding carboxylic acids is 1. The first-order chi connectivity index (χ1) is 8.52. The van der Waals surface area contributed by atoms with Crippen molar-refractivity contribution in [2.75, 3.05) is 19.5 Å². The Kier molecular flexibility index (Phi) is 6.17. The van der Waals surface area contributed by atoms with E-state index in [9.17, 15) is 9.59 Å². The minimum absolute atomic E-state index is 0.0276. The van der Waals surface area contributed by atoms with Gasteiger partial charge in [0.1, 0.15) is 4.88 Å². The molecule has 0 aliphatic carbocycles. The molecule has 18 heavy (non-hydrogen) atoms. The third-order valence-electron chi connectivity index (χ3n) is 1.98. The predicted molar refractivity (Wildman–Crippen MR) is 71.5 cm³/mol. The Balaban J connectivity index is 2.35. The third-order valence-corrected chi connectivity index (χ3v) is 4.02. The zero-order chi connectivity index (χ0) is 13.5. The van der Waals surface area contributed by atoms with E-state index in [1.807, 2.05) is 6.92 Å². The number of hydrogen-bond donors (Lipinski definition) is 2. The number of amides is 1. The van der Waals surface area contributed by atoms with Crippen LogP contribution in [0, 0.1) is 0 Å². The number of thiophene rings is 1. The summed E-state index contributed by atoms with van der Waals surface area (Å²) >= 11 is 2.48. The van der Waals surface area contributed by atoms with Crippen LogP contribution in [-0.2, 0) is 9.53 Å². The van der Waals surface area contributed by atoms with E-state index in [-0.39, 0.29) is 22.6 Å². The Morgan fingerprint density at radius 1 is 1.61 bits per heavy atom. The molecule has 0 spiro atoms. The molecular weight excluding hydrogens is 274 g/mol. The molecule has 5 nitrogen and oxygen atoms in total. The van der Waals surface area contributed by atoms with Crippen molar-refractivity contribution in [3.05, 3.63) is 16.3 Å². The van der Waals surface area contributed by atoms with Crippen molar-refractivity contribution < 1.29 is 19.4 Å². The van der Waals surface area contributed by atoms with Crippen LogP contribution in [0.2, 0.25) is 0 Å². The zero-order valence-corrected chi connectivity index (χ0v) is 11.8. The molecule has 0 saturated heterocycles. The first kappa shape index (κ1) is 15.0. The van der Waals surface area contributed by atoms with Gasteiger partial charge in [-0.2, -0.15) is 0 Å². The van der Waals surface area contributed by atoms with Crippen LogP contribution in [0.5, 0.6) is 0 Å². The lowest BCUT2D eigenvalue weighted by Crippen LogP contribution is -2.36. The summed E-state index contributed by atoms with van der Waals surface area (Å²) < 4.78 is 4.91. The molecule has 0 fully saturated rings. The Morgan fingerprint density at radius 2 is 2.33 bits per heavy atom. The summed E-state index contributed by atoms with van der Waals surface area (Å²) in [6, 6.07) is 1.55. The van der Waals surface area contributed by atoms with E-state index >= 15 is 0 Å². The molecular formula is C11H15NO4S2. The molecule has 0 bridgehead atoms. The van der Waals surface area contributed by atoms with Gasteiger partial charge in [-0.05, 0) is 13.0 Å². The number of carboxylic acids is 1. The van der Waals surface area contributed by atoms with Crippen LogP contribution in [0.3, 0.4) is 0 Å². The molecule has 100 valence electrons. The average molecular weight is 289 g/mol. The van der Waals surface area contributed by atoms with Crippen LogP contribution in [0.25, 0.3) is 0 Å². The highest BCUT2D eigenvalue weighted by atomic mass is 32.2. The molecule has 1 rings (SSSR count). The fourth-order valence-electron chi connectivity index (χ4n) is 1.26. The summed E-state index contributed by atoms with van der Waals surface area (Å²) in [5.41, 5.74) is 0. The van der Waals surface area contributed by atoms with Crippen molar-refractivity contribution in [2.45, 2.75) is 17.9 Å². The number of methoxy groups -OCH3 is 1. The second-order valence-corrected chi connectivity index (χ2v) is 5.62. The van der Waals surface area contributed by atoms with E-state index < -0.39 is 5.97 Å².